The SMILES string of the molecule is [2H]C(CCN)C1(OC)C(=O)CCC(=O)[C@]1(C(=O)C(NC(C)C)C(=O)[C@@H]1CCCN1)N(C(=O)OCc1ccccc1)C(=O)[C@H](C)N. The third-order valence-corrected chi connectivity index (χ3v) is 7.99. The molecule has 3 unspecified atom stereocenters. The summed E-state index contributed by atoms with van der Waals surface area (Å²) < 4.78 is 20.4. The van der Waals surface area contributed by atoms with E-state index in [-0.39, 0.29) is 24.5 Å². The number of rotatable bonds is 14. The van der Waals surface area contributed by atoms with E-state index in [9.17, 15) is 24.0 Å². The zero-order valence-corrected chi connectivity index (χ0v) is 25.8. The van der Waals surface area contributed by atoms with E-state index in [0.29, 0.717) is 24.9 Å². The average molecular weight is 617 g/mol. The van der Waals surface area contributed by atoms with Gasteiger partial charge in [-0.25, -0.2) is 9.69 Å². The van der Waals surface area contributed by atoms with Gasteiger partial charge in [0.2, 0.25) is 11.4 Å². The molecule has 2 fully saturated rings. The first-order chi connectivity index (χ1) is 21.3. The molecular weight excluding hydrogens is 570 g/mol. The molecule has 1 aliphatic heterocycles. The number of nitrogens with two attached hydrogens (primary N) is 2. The number of imide groups is 1. The van der Waals surface area contributed by atoms with Crippen LogP contribution in [-0.2, 0) is 40.1 Å². The molecule has 0 aromatic heterocycles. The number of ether oxygens (including phenoxy) is 2. The lowest BCUT2D eigenvalue weighted by molar-refractivity contribution is -0.189. The minimum Gasteiger partial charge on any atom is -0.444 e. The van der Waals surface area contributed by atoms with Crippen LogP contribution in [0, 0.1) is 0 Å². The van der Waals surface area contributed by atoms with E-state index in [2.05, 4.69) is 10.6 Å². The smallest absolute Gasteiger partial charge is 0.418 e. The summed E-state index contributed by atoms with van der Waals surface area (Å²) >= 11 is 0. The molecule has 6 N–H and O–H groups in total. The molecule has 1 saturated heterocycles. The highest BCUT2D eigenvalue weighted by atomic mass is 16.6. The van der Waals surface area contributed by atoms with Crippen LogP contribution in [0.5, 0.6) is 0 Å². The zero-order valence-electron chi connectivity index (χ0n) is 26.8. The second kappa shape index (κ2) is 15.1. The van der Waals surface area contributed by atoms with Crippen molar-refractivity contribution in [3.8, 4) is 0 Å². The molecule has 1 aliphatic carbocycles. The van der Waals surface area contributed by atoms with Crippen LogP contribution < -0.4 is 22.1 Å². The second-order valence-electron chi connectivity index (χ2n) is 11.5. The molecule has 44 heavy (non-hydrogen) atoms. The van der Waals surface area contributed by atoms with Gasteiger partial charge in [0.1, 0.15) is 12.6 Å². The van der Waals surface area contributed by atoms with Crippen molar-refractivity contribution in [1.29, 1.82) is 0 Å². The maximum absolute atomic E-state index is 15.2. The number of nitrogens with one attached hydrogen (secondary N) is 2. The summed E-state index contributed by atoms with van der Waals surface area (Å²) in [4.78, 5) is 86.2. The molecule has 0 spiro atoms. The normalized spacial score (nSPS) is 26.1. The van der Waals surface area contributed by atoms with Gasteiger partial charge in [-0.15, -0.1) is 0 Å². The van der Waals surface area contributed by atoms with Gasteiger partial charge in [0.15, 0.2) is 28.7 Å². The molecule has 2 aliphatic rings. The standard InChI is InChI=1S/C31H45N5O8/c1-19(2)35-25(26(39)22-12-8-17-34-22)27(40)31(24(38)14-13-23(37)30(31,43-4)15-9-16-32)36(28(41)20(3)33)29(42)44-18-21-10-6-5-7-11-21/h5-7,10-11,19-20,22,25,34-35H,8-9,12-18,32-33H2,1-4H3/t20-,22-,25?,30?,31+/m0/s1/i15D/t15?,20-,22-,25?,30?,31+. The minimum absolute atomic E-state index is 0.163. The van der Waals surface area contributed by atoms with E-state index >= 15 is 4.79 Å². The van der Waals surface area contributed by atoms with E-state index in [0.717, 1.165) is 7.11 Å². The third kappa shape index (κ3) is 6.66. The molecule has 1 saturated carbocycles. The van der Waals surface area contributed by atoms with Gasteiger partial charge in [-0.1, -0.05) is 30.3 Å². The summed E-state index contributed by atoms with van der Waals surface area (Å²) in [6.07, 6.45) is -3.43. The number of nitrogens with zero attached hydrogens (tertiary/aromatic N) is 1. The van der Waals surface area contributed by atoms with Gasteiger partial charge in [0, 0.05) is 27.4 Å². The van der Waals surface area contributed by atoms with Crippen LogP contribution in [-0.4, -0.2) is 95.5 Å². The molecule has 0 radical (unpaired) electrons. The lowest BCUT2D eigenvalue weighted by atomic mass is 9.60. The molecule has 6 atom stereocenters. The van der Waals surface area contributed by atoms with Crippen molar-refractivity contribution in [2.24, 2.45) is 11.5 Å². The molecule has 1 aromatic carbocycles. The fourth-order valence-electron chi connectivity index (χ4n) is 5.95. The quantitative estimate of drug-likeness (QED) is 0.212. The molecule has 1 heterocycles. The Labute approximate surface area is 259 Å². The third-order valence-electron chi connectivity index (χ3n) is 7.99. The van der Waals surface area contributed by atoms with Gasteiger partial charge in [0.05, 0.1) is 12.1 Å². The fourth-order valence-corrected chi connectivity index (χ4v) is 5.95. The number of carbonyl (C=O) groups is 6. The summed E-state index contributed by atoms with van der Waals surface area (Å²) in [6.45, 7) is 4.54. The number of amides is 2. The van der Waals surface area contributed by atoms with Crippen LogP contribution in [0.1, 0.15) is 66.2 Å². The minimum atomic E-state index is -3.14. The van der Waals surface area contributed by atoms with Crippen molar-refractivity contribution in [3.63, 3.8) is 0 Å². The highest BCUT2D eigenvalue weighted by Gasteiger charge is 2.74. The Morgan fingerprint density at radius 3 is 2.34 bits per heavy atom. The highest BCUT2D eigenvalue weighted by Crippen LogP contribution is 2.45. The van der Waals surface area contributed by atoms with Crippen molar-refractivity contribution in [2.75, 3.05) is 20.2 Å². The van der Waals surface area contributed by atoms with Crippen LogP contribution in [0.3, 0.4) is 0 Å². The van der Waals surface area contributed by atoms with Crippen LogP contribution >= 0.6 is 0 Å². The average Bonchev–Trinajstić information content (AvgIpc) is 3.56. The number of benzene rings is 1. The molecule has 242 valence electrons. The summed E-state index contributed by atoms with van der Waals surface area (Å²) in [5.74, 6) is -5.10. The Bertz CT molecular complexity index is 1270. The molecule has 13 nitrogen and oxygen atoms in total. The van der Waals surface area contributed by atoms with Crippen molar-refractivity contribution in [1.82, 2.24) is 15.5 Å². The van der Waals surface area contributed by atoms with Gasteiger partial charge in [-0.3, -0.25) is 29.3 Å². The molecule has 3 rings (SSSR count). The largest absolute Gasteiger partial charge is 0.444 e. The van der Waals surface area contributed by atoms with Crippen LogP contribution in [0.4, 0.5) is 4.79 Å². The first kappa shape index (κ1) is 33.5. The van der Waals surface area contributed by atoms with Crippen molar-refractivity contribution in [3.05, 3.63) is 35.9 Å². The lowest BCUT2D eigenvalue weighted by Crippen LogP contribution is -2.82. The summed E-state index contributed by atoms with van der Waals surface area (Å²) in [5.41, 5.74) is 6.42. The number of hydrogen-bond acceptors (Lipinski definition) is 12. The summed E-state index contributed by atoms with van der Waals surface area (Å²) in [6, 6.07) is 3.87. The molecular formula is C31H45N5O8. The Hall–Kier alpha value is -3.36. The van der Waals surface area contributed by atoms with Gasteiger partial charge < -0.3 is 26.3 Å². The van der Waals surface area contributed by atoms with Crippen molar-refractivity contribution < 1.29 is 39.6 Å². The zero-order chi connectivity index (χ0) is 33.5. The summed E-state index contributed by atoms with van der Waals surface area (Å²) in [5, 5.41) is 5.94. The van der Waals surface area contributed by atoms with Crippen molar-refractivity contribution >= 4 is 35.1 Å². The highest BCUT2D eigenvalue weighted by molar-refractivity contribution is 6.29. The van der Waals surface area contributed by atoms with Gasteiger partial charge >= 0.3 is 6.09 Å². The Morgan fingerprint density at radius 2 is 1.80 bits per heavy atom. The monoisotopic (exact) mass is 616 g/mol. The Kier molecular flexibility index (Phi) is 11.5. The first-order valence-electron chi connectivity index (χ1n) is 15.5. The van der Waals surface area contributed by atoms with Crippen LogP contribution in [0.25, 0.3) is 0 Å². The predicted octanol–water partition coefficient (Wildman–Crippen LogP) is 0.551. The predicted molar refractivity (Wildman–Crippen MR) is 160 cm³/mol. The maximum atomic E-state index is 15.2. The van der Waals surface area contributed by atoms with E-state index in [1.54, 1.807) is 44.2 Å². The Balaban J connectivity index is 2.40. The molecule has 2 amide bonds. The van der Waals surface area contributed by atoms with Crippen LogP contribution in [0.2, 0.25) is 0 Å². The fraction of sp³-hybridized carbons (Fsp3) is 0.613. The van der Waals surface area contributed by atoms with Gasteiger partial charge in [0.25, 0.3) is 0 Å². The van der Waals surface area contributed by atoms with E-state index in [1.807, 2.05) is 0 Å². The molecule has 13 heteroatoms. The summed E-state index contributed by atoms with van der Waals surface area (Å²) in [7, 11) is 1.02. The van der Waals surface area contributed by atoms with Gasteiger partial charge in [-0.05, 0) is 65.1 Å². The van der Waals surface area contributed by atoms with E-state index in [1.165, 1.54) is 6.92 Å². The Morgan fingerprint density at radius 1 is 1.14 bits per heavy atom. The maximum Gasteiger partial charge on any atom is 0.418 e. The van der Waals surface area contributed by atoms with E-state index in [4.69, 9.17) is 22.3 Å². The number of methoxy groups -OCH3 is 1. The number of hydrogen-bond donors (Lipinski definition) is 4. The van der Waals surface area contributed by atoms with Crippen LogP contribution in [0.15, 0.2) is 30.3 Å². The number of Topliss-reactive ketones (excluding diaryl/α,β-unsaturated/α-hetero) is 4. The second-order valence-corrected chi connectivity index (χ2v) is 11.5. The number of carbonyl (C=O) groups excluding carboxylic acids is 6. The first-order valence-corrected chi connectivity index (χ1v) is 14.9. The van der Waals surface area contributed by atoms with E-state index < -0.39 is 89.7 Å². The lowest BCUT2D eigenvalue weighted by Gasteiger charge is -2.53. The van der Waals surface area contributed by atoms with Crippen molar-refractivity contribution in [2.45, 2.75) is 101 Å². The topological polar surface area (TPSA) is 200 Å². The molecule has 1 aromatic rings. The number of ketones is 4. The molecule has 0 bridgehead atoms. The van der Waals surface area contributed by atoms with Gasteiger partial charge in [-0.2, -0.15) is 0 Å².